The second-order valence-corrected chi connectivity index (χ2v) is 4.62. The average molecular weight is 195 g/mol. The van der Waals surface area contributed by atoms with Crippen LogP contribution < -0.4 is 5.73 Å². The topological polar surface area (TPSA) is 35.2 Å². The summed E-state index contributed by atoms with van der Waals surface area (Å²) in [5.74, 6) is 0. The number of hydrogen-bond donors (Lipinski definition) is 1. The normalized spacial score (nSPS) is 27.7. The van der Waals surface area contributed by atoms with E-state index in [1.54, 1.807) is 0 Å². The van der Waals surface area contributed by atoms with Gasteiger partial charge in [0.05, 0.1) is 11.6 Å². The van der Waals surface area contributed by atoms with Gasteiger partial charge in [0.1, 0.15) is 0 Å². The smallest absolute Gasteiger partial charge is 0.0867 e. The van der Waals surface area contributed by atoms with Crippen molar-refractivity contribution in [2.75, 3.05) is 7.11 Å². The fourth-order valence-electron chi connectivity index (χ4n) is 2.65. The fourth-order valence-corrected chi connectivity index (χ4v) is 2.65. The monoisotopic (exact) mass is 195 g/mol. The van der Waals surface area contributed by atoms with E-state index in [1.807, 2.05) is 7.11 Å². The van der Waals surface area contributed by atoms with Crippen molar-refractivity contribution in [2.24, 2.45) is 5.73 Å². The van der Waals surface area contributed by atoms with Gasteiger partial charge >= 0.3 is 0 Å². The van der Waals surface area contributed by atoms with Gasteiger partial charge in [0.15, 0.2) is 0 Å². The second kappa shape index (κ2) is 4.03. The van der Waals surface area contributed by atoms with Gasteiger partial charge in [-0.05, 0) is 44.9 Å². The molecule has 2 heteroatoms. The Hall–Kier alpha value is -0.340. The van der Waals surface area contributed by atoms with Crippen LogP contribution in [-0.2, 0) is 4.74 Å². The molecule has 1 saturated carbocycles. The van der Waals surface area contributed by atoms with Crippen molar-refractivity contribution in [1.29, 1.82) is 0 Å². The zero-order valence-electron chi connectivity index (χ0n) is 9.09. The van der Waals surface area contributed by atoms with Crippen molar-refractivity contribution in [3.05, 3.63) is 11.6 Å². The number of rotatable bonds is 3. The lowest BCUT2D eigenvalue weighted by atomic mass is 9.71. The zero-order chi connectivity index (χ0) is 10.0. The number of methoxy groups -OCH3 is 1. The molecule has 0 heterocycles. The summed E-state index contributed by atoms with van der Waals surface area (Å²) in [5, 5.41) is 0. The third kappa shape index (κ3) is 1.61. The largest absolute Gasteiger partial charge is 0.376 e. The molecule has 0 aromatic carbocycles. The summed E-state index contributed by atoms with van der Waals surface area (Å²) in [7, 11) is 1.81. The molecule has 2 aliphatic carbocycles. The molecule has 0 bridgehead atoms. The molecule has 1 atom stereocenters. The molecule has 0 radical (unpaired) electrons. The van der Waals surface area contributed by atoms with Gasteiger partial charge < -0.3 is 10.5 Å². The molecule has 2 nitrogen and oxygen atoms in total. The van der Waals surface area contributed by atoms with E-state index >= 15 is 0 Å². The quantitative estimate of drug-likeness (QED) is 0.702. The highest BCUT2D eigenvalue weighted by atomic mass is 16.5. The van der Waals surface area contributed by atoms with Gasteiger partial charge in [-0.15, -0.1) is 0 Å². The van der Waals surface area contributed by atoms with Gasteiger partial charge in [-0.1, -0.05) is 11.6 Å². The Bertz CT molecular complexity index is 225. The molecular weight excluding hydrogens is 174 g/mol. The minimum Gasteiger partial charge on any atom is -0.376 e. The molecule has 0 aliphatic heterocycles. The zero-order valence-corrected chi connectivity index (χ0v) is 9.09. The Kier molecular flexibility index (Phi) is 2.93. The van der Waals surface area contributed by atoms with Crippen LogP contribution in [0.2, 0.25) is 0 Å². The van der Waals surface area contributed by atoms with Crippen LogP contribution in [0.4, 0.5) is 0 Å². The third-order valence-corrected chi connectivity index (χ3v) is 3.90. The Balaban J connectivity index is 2.05. The molecule has 2 N–H and O–H groups in total. The van der Waals surface area contributed by atoms with Crippen LogP contribution in [0.3, 0.4) is 0 Å². The van der Waals surface area contributed by atoms with Crippen molar-refractivity contribution >= 4 is 0 Å². The average Bonchev–Trinajstić information content (AvgIpc) is 2.18. The van der Waals surface area contributed by atoms with E-state index in [-0.39, 0.29) is 11.6 Å². The van der Waals surface area contributed by atoms with Crippen LogP contribution in [-0.4, -0.2) is 18.8 Å². The third-order valence-electron chi connectivity index (χ3n) is 3.90. The first-order valence-electron chi connectivity index (χ1n) is 5.78. The van der Waals surface area contributed by atoms with Crippen molar-refractivity contribution in [2.45, 2.75) is 56.6 Å². The highest BCUT2D eigenvalue weighted by molar-refractivity contribution is 5.20. The molecule has 2 rings (SSSR count). The SMILES string of the molecule is COC1(C(N)C2=CCCCC2)CCC1. The van der Waals surface area contributed by atoms with Gasteiger partial charge in [0.2, 0.25) is 0 Å². The van der Waals surface area contributed by atoms with Crippen LogP contribution in [0.5, 0.6) is 0 Å². The summed E-state index contributed by atoms with van der Waals surface area (Å²) in [6, 6.07) is 0.154. The van der Waals surface area contributed by atoms with Crippen LogP contribution in [0.25, 0.3) is 0 Å². The number of ether oxygens (including phenoxy) is 1. The maximum absolute atomic E-state index is 6.31. The van der Waals surface area contributed by atoms with Crippen LogP contribution >= 0.6 is 0 Å². The molecule has 2 aliphatic rings. The highest BCUT2D eigenvalue weighted by Crippen LogP contribution is 2.41. The van der Waals surface area contributed by atoms with Crippen molar-refractivity contribution < 1.29 is 4.74 Å². The lowest BCUT2D eigenvalue weighted by molar-refractivity contribution is -0.0828. The molecule has 1 unspecified atom stereocenters. The van der Waals surface area contributed by atoms with Gasteiger partial charge in [0, 0.05) is 7.11 Å². The maximum Gasteiger partial charge on any atom is 0.0867 e. The first kappa shape index (κ1) is 10.2. The van der Waals surface area contributed by atoms with Crippen molar-refractivity contribution in [3.63, 3.8) is 0 Å². The number of hydrogen-bond acceptors (Lipinski definition) is 2. The summed E-state index contributed by atoms with van der Waals surface area (Å²) in [6.07, 6.45) is 10.9. The Morgan fingerprint density at radius 1 is 1.36 bits per heavy atom. The van der Waals surface area contributed by atoms with E-state index in [4.69, 9.17) is 10.5 Å². The molecule has 0 saturated heterocycles. The van der Waals surface area contributed by atoms with Gasteiger partial charge in [-0.3, -0.25) is 0 Å². The molecule has 0 aromatic rings. The Labute approximate surface area is 86.5 Å². The standard InChI is InChI=1S/C12H21NO/c1-14-12(8-5-9-12)11(13)10-6-3-2-4-7-10/h6,11H,2-5,7-9,13H2,1H3. The lowest BCUT2D eigenvalue weighted by Crippen LogP contribution is -2.55. The summed E-state index contributed by atoms with van der Waals surface area (Å²) < 4.78 is 5.62. The van der Waals surface area contributed by atoms with E-state index in [9.17, 15) is 0 Å². The van der Waals surface area contributed by atoms with Gasteiger partial charge in [-0.2, -0.15) is 0 Å². The first-order chi connectivity index (χ1) is 6.78. The lowest BCUT2D eigenvalue weighted by Gasteiger charge is -2.46. The molecule has 1 fully saturated rings. The summed E-state index contributed by atoms with van der Waals surface area (Å²) in [6.45, 7) is 0. The van der Waals surface area contributed by atoms with Crippen LogP contribution in [0, 0.1) is 0 Å². The van der Waals surface area contributed by atoms with E-state index in [0.717, 1.165) is 12.8 Å². The van der Waals surface area contributed by atoms with Crippen LogP contribution in [0.1, 0.15) is 44.9 Å². The maximum atomic E-state index is 6.31. The van der Waals surface area contributed by atoms with E-state index in [1.165, 1.54) is 37.7 Å². The van der Waals surface area contributed by atoms with Crippen molar-refractivity contribution in [1.82, 2.24) is 0 Å². The Morgan fingerprint density at radius 3 is 2.57 bits per heavy atom. The summed E-state index contributed by atoms with van der Waals surface area (Å²) in [4.78, 5) is 0. The van der Waals surface area contributed by atoms with Gasteiger partial charge in [0.25, 0.3) is 0 Å². The second-order valence-electron chi connectivity index (χ2n) is 4.62. The van der Waals surface area contributed by atoms with E-state index in [2.05, 4.69) is 6.08 Å². The highest BCUT2D eigenvalue weighted by Gasteiger charge is 2.43. The summed E-state index contributed by atoms with van der Waals surface area (Å²) >= 11 is 0. The molecule has 0 spiro atoms. The minimum absolute atomic E-state index is 0.0107. The fraction of sp³-hybridized carbons (Fsp3) is 0.833. The first-order valence-corrected chi connectivity index (χ1v) is 5.78. The predicted octanol–water partition coefficient (Wildman–Crippen LogP) is 2.38. The van der Waals surface area contributed by atoms with Crippen molar-refractivity contribution in [3.8, 4) is 0 Å². The van der Waals surface area contributed by atoms with E-state index in [0.29, 0.717) is 0 Å². The number of nitrogens with two attached hydrogens (primary N) is 1. The van der Waals surface area contributed by atoms with E-state index < -0.39 is 0 Å². The molecule has 80 valence electrons. The van der Waals surface area contributed by atoms with Gasteiger partial charge in [-0.25, -0.2) is 0 Å². The molecule has 14 heavy (non-hydrogen) atoms. The molecule has 0 aromatic heterocycles. The number of allylic oxidation sites excluding steroid dienone is 1. The Morgan fingerprint density at radius 2 is 2.14 bits per heavy atom. The molecule has 0 amide bonds. The summed E-state index contributed by atoms with van der Waals surface area (Å²) in [5.41, 5.74) is 7.74. The predicted molar refractivity (Wildman–Crippen MR) is 58.1 cm³/mol. The minimum atomic E-state index is -0.0107. The molecular formula is C12H21NO. The van der Waals surface area contributed by atoms with Crippen LogP contribution in [0.15, 0.2) is 11.6 Å².